The van der Waals surface area contributed by atoms with Crippen molar-refractivity contribution in [2.75, 3.05) is 50.0 Å². The van der Waals surface area contributed by atoms with Gasteiger partial charge < -0.3 is 14.2 Å². The average molecular weight is 724 g/mol. The van der Waals surface area contributed by atoms with Crippen LogP contribution in [0.4, 0.5) is 14.5 Å². The van der Waals surface area contributed by atoms with Crippen molar-refractivity contribution in [3.63, 3.8) is 0 Å². The number of carbonyl (C=O) groups is 2. The lowest BCUT2D eigenvalue weighted by molar-refractivity contribution is 0.0692. The van der Waals surface area contributed by atoms with E-state index >= 15 is 0 Å². The number of benzene rings is 4. The molecule has 1 aliphatic heterocycles. The summed E-state index contributed by atoms with van der Waals surface area (Å²) in [6.07, 6.45) is 2.98. The summed E-state index contributed by atoms with van der Waals surface area (Å²) in [4.78, 5) is 35.0. The minimum atomic E-state index is -4.01. The van der Waals surface area contributed by atoms with Crippen molar-refractivity contribution in [3.05, 3.63) is 114 Å². The van der Waals surface area contributed by atoms with Crippen molar-refractivity contribution in [2.45, 2.75) is 13.3 Å². The maximum Gasteiger partial charge on any atom is 0.253 e. The van der Waals surface area contributed by atoms with E-state index in [4.69, 9.17) is 4.42 Å². The summed E-state index contributed by atoms with van der Waals surface area (Å²) < 4.78 is 60.9. The Hall–Kier alpha value is -5.87. The predicted molar refractivity (Wildman–Crippen MR) is 196 cm³/mol. The number of rotatable bonds is 10. The minimum absolute atomic E-state index is 0.103. The van der Waals surface area contributed by atoms with E-state index in [9.17, 15) is 32.0 Å². The van der Waals surface area contributed by atoms with Gasteiger partial charge in [0.2, 0.25) is 16.2 Å². The Balaban J connectivity index is 1.41. The van der Waals surface area contributed by atoms with Gasteiger partial charge in [0.15, 0.2) is 5.78 Å². The number of alkyl halides is 1. The van der Waals surface area contributed by atoms with Crippen molar-refractivity contribution in [1.82, 2.24) is 9.80 Å². The molecule has 1 saturated heterocycles. The van der Waals surface area contributed by atoms with Gasteiger partial charge in [0.05, 0.1) is 24.1 Å². The molecule has 52 heavy (non-hydrogen) atoms. The number of amides is 1. The third-order valence-corrected chi connectivity index (χ3v) is 10.1. The van der Waals surface area contributed by atoms with Crippen LogP contribution in [0.3, 0.4) is 0 Å². The fourth-order valence-electron chi connectivity index (χ4n) is 6.45. The third-order valence-electron chi connectivity index (χ3n) is 8.94. The van der Waals surface area contributed by atoms with Crippen LogP contribution in [0.15, 0.2) is 100 Å². The number of fused-ring (bicyclic) bond motifs is 1. The number of Topliss-reactive ketones (excluding diaryl/α,β-unsaturated/α-hetero) is 1. The van der Waals surface area contributed by atoms with Gasteiger partial charge in [0, 0.05) is 66.3 Å². The number of anilines is 1. The average Bonchev–Trinajstić information content (AvgIpc) is 3.53. The van der Waals surface area contributed by atoms with Crippen LogP contribution in [0.1, 0.15) is 39.6 Å². The van der Waals surface area contributed by atoms with Crippen molar-refractivity contribution >= 4 is 44.2 Å². The number of amidine groups is 1. The van der Waals surface area contributed by atoms with Crippen molar-refractivity contribution in [1.29, 1.82) is 5.26 Å². The highest BCUT2D eigenvalue weighted by molar-refractivity contribution is 7.92. The molecule has 0 spiro atoms. The standard InChI is InChI=1S/C39H35F2N5O5S/c1-3-34(47)36-32-23-31(33(46(17-16-40)52(2,49)50)24-35(32)51-37(36)26-12-14-30(41)15-13-26)28-10-7-11-29(22-28)39(48)45-20-18-44(19-21-45)38(43-25-42)27-8-5-4-6-9-27/h4-15,22-24H,3,16-21H2,1-2H3. The molecule has 5 aromatic rings. The normalized spacial score (nSPS) is 13.6. The van der Waals surface area contributed by atoms with Crippen LogP contribution in [0, 0.1) is 17.3 Å². The second-order valence-electron chi connectivity index (χ2n) is 12.2. The Kier molecular flexibility index (Phi) is 10.5. The fraction of sp³-hybridized carbons (Fsp3) is 0.231. The van der Waals surface area contributed by atoms with E-state index in [2.05, 4.69) is 4.99 Å². The molecular weight excluding hydrogens is 689 g/mol. The highest BCUT2D eigenvalue weighted by Crippen LogP contribution is 2.42. The highest BCUT2D eigenvalue weighted by atomic mass is 32.2. The number of hydrogen-bond acceptors (Lipinski definition) is 7. The van der Waals surface area contributed by atoms with Crippen molar-refractivity contribution in [2.24, 2.45) is 4.99 Å². The van der Waals surface area contributed by atoms with Crippen LogP contribution in [0.2, 0.25) is 0 Å². The first-order chi connectivity index (χ1) is 25.0. The second-order valence-corrected chi connectivity index (χ2v) is 14.1. The fourth-order valence-corrected chi connectivity index (χ4v) is 7.35. The van der Waals surface area contributed by atoms with Gasteiger partial charge >= 0.3 is 0 Å². The SMILES string of the molecule is CCC(=O)c1c(-c2ccc(F)cc2)oc2cc(N(CCF)S(C)(=O)=O)c(-c3cccc(C(=O)N4CCN(C(=NC#N)c5ccccc5)CC4)c3)cc12. The van der Waals surface area contributed by atoms with Gasteiger partial charge in [-0.2, -0.15) is 10.3 Å². The summed E-state index contributed by atoms with van der Waals surface area (Å²) in [5.74, 6) is -0.246. The number of furan rings is 1. The Labute approximate surface area is 300 Å². The number of aliphatic imine (C=N–C) groups is 1. The van der Waals surface area contributed by atoms with Crippen molar-refractivity contribution in [3.8, 4) is 28.6 Å². The Bertz CT molecular complexity index is 2310. The molecule has 0 bridgehead atoms. The number of piperazine rings is 1. The zero-order valence-electron chi connectivity index (χ0n) is 28.6. The first-order valence-electron chi connectivity index (χ1n) is 16.6. The monoisotopic (exact) mass is 723 g/mol. The number of halogens is 2. The third kappa shape index (κ3) is 7.29. The molecule has 0 unspecified atom stereocenters. The molecule has 0 radical (unpaired) electrons. The zero-order valence-corrected chi connectivity index (χ0v) is 29.4. The van der Waals surface area contributed by atoms with Crippen LogP contribution in [-0.2, 0) is 10.0 Å². The van der Waals surface area contributed by atoms with Crippen molar-refractivity contribution < 1.29 is 31.2 Å². The number of carbonyl (C=O) groups excluding carboxylic acids is 2. The molecule has 1 aromatic heterocycles. The van der Waals surface area contributed by atoms with E-state index in [0.29, 0.717) is 59.7 Å². The molecule has 0 atom stereocenters. The smallest absolute Gasteiger partial charge is 0.253 e. The molecule has 10 nitrogen and oxygen atoms in total. The molecule has 1 fully saturated rings. The van der Waals surface area contributed by atoms with Crippen LogP contribution >= 0.6 is 0 Å². The number of hydrogen-bond donors (Lipinski definition) is 0. The number of sulfonamides is 1. The zero-order chi connectivity index (χ0) is 37.0. The summed E-state index contributed by atoms with van der Waals surface area (Å²) in [5.41, 5.74) is 2.91. The topological polar surface area (TPSA) is 127 Å². The Morgan fingerprint density at radius 2 is 1.58 bits per heavy atom. The highest BCUT2D eigenvalue weighted by Gasteiger charge is 2.29. The van der Waals surface area contributed by atoms with Gasteiger partial charge in [-0.1, -0.05) is 49.4 Å². The van der Waals surface area contributed by atoms with Crippen LogP contribution < -0.4 is 4.31 Å². The van der Waals surface area contributed by atoms with E-state index in [1.54, 1.807) is 42.2 Å². The van der Waals surface area contributed by atoms with Gasteiger partial charge in [-0.05, 0) is 48.0 Å². The number of nitrogens with zero attached hydrogens (tertiary/aromatic N) is 5. The van der Waals surface area contributed by atoms with E-state index in [0.717, 1.165) is 16.1 Å². The summed E-state index contributed by atoms with van der Waals surface area (Å²) >= 11 is 0. The lowest BCUT2D eigenvalue weighted by atomic mass is 9.95. The van der Waals surface area contributed by atoms with Gasteiger partial charge in [-0.15, -0.1) is 0 Å². The lowest BCUT2D eigenvalue weighted by Crippen LogP contribution is -2.50. The van der Waals surface area contributed by atoms with Crippen LogP contribution in [-0.4, -0.2) is 81.4 Å². The maximum atomic E-state index is 13.9. The summed E-state index contributed by atoms with van der Waals surface area (Å²) in [6.45, 7) is 1.86. The van der Waals surface area contributed by atoms with Gasteiger partial charge in [-0.25, -0.2) is 17.2 Å². The summed E-state index contributed by atoms with van der Waals surface area (Å²) in [5, 5.41) is 9.71. The Morgan fingerprint density at radius 3 is 2.21 bits per heavy atom. The Morgan fingerprint density at radius 1 is 0.904 bits per heavy atom. The molecule has 0 aliphatic carbocycles. The van der Waals surface area contributed by atoms with Crippen LogP contribution in [0.25, 0.3) is 33.4 Å². The minimum Gasteiger partial charge on any atom is -0.455 e. The molecule has 1 aliphatic rings. The van der Waals surface area contributed by atoms with Crippen LogP contribution in [0.5, 0.6) is 0 Å². The van der Waals surface area contributed by atoms with E-state index in [-0.39, 0.29) is 40.7 Å². The number of nitriles is 1. The van der Waals surface area contributed by atoms with E-state index < -0.39 is 29.1 Å². The lowest BCUT2D eigenvalue weighted by Gasteiger charge is -2.36. The molecule has 0 saturated carbocycles. The molecule has 266 valence electrons. The molecule has 6 rings (SSSR count). The summed E-state index contributed by atoms with van der Waals surface area (Å²) in [6, 6.07) is 24.6. The quantitative estimate of drug-likeness (QED) is 0.0663. The molecule has 2 heterocycles. The number of ketones is 1. The molecule has 13 heteroatoms. The predicted octanol–water partition coefficient (Wildman–Crippen LogP) is 6.92. The largest absolute Gasteiger partial charge is 0.455 e. The first-order valence-corrected chi connectivity index (χ1v) is 18.5. The molecule has 4 aromatic carbocycles. The van der Waals surface area contributed by atoms with Gasteiger partial charge in [-0.3, -0.25) is 13.9 Å². The molecule has 0 N–H and O–H groups in total. The first kappa shape index (κ1) is 35.9. The van der Waals surface area contributed by atoms with Gasteiger partial charge in [0.25, 0.3) is 5.91 Å². The molecule has 1 amide bonds. The van der Waals surface area contributed by atoms with E-state index in [1.807, 2.05) is 41.4 Å². The van der Waals surface area contributed by atoms with Gasteiger partial charge in [0.1, 0.15) is 29.7 Å². The maximum absolute atomic E-state index is 13.9. The van der Waals surface area contributed by atoms with E-state index in [1.165, 1.54) is 30.3 Å². The molecular formula is C39H35F2N5O5S. The summed E-state index contributed by atoms with van der Waals surface area (Å²) in [7, 11) is -4.01. The second kappa shape index (κ2) is 15.2.